The third-order valence-electron chi connectivity index (χ3n) is 1.75. The maximum atomic E-state index is 11.0. The highest BCUT2D eigenvalue weighted by Crippen LogP contribution is 2.02. The molecule has 0 radical (unpaired) electrons. The predicted octanol–water partition coefficient (Wildman–Crippen LogP) is 3.08. The van der Waals surface area contributed by atoms with Crippen LogP contribution in [0.1, 0.15) is 46.0 Å². The zero-order chi connectivity index (χ0) is 10.1. The first-order valence-electron chi connectivity index (χ1n) is 4.96. The second-order valence-electron chi connectivity index (χ2n) is 3.38. The second kappa shape index (κ2) is 7.84. The number of hydrogen-bond acceptors (Lipinski definition) is 2. The van der Waals surface area contributed by atoms with Crippen LogP contribution in [-0.2, 0) is 9.53 Å². The largest absolute Gasteiger partial charge is 0.466 e. The number of carbonyl (C=O) groups is 1. The third-order valence-corrected chi connectivity index (χ3v) is 1.75. The zero-order valence-corrected chi connectivity index (χ0v) is 8.77. The maximum Gasteiger partial charge on any atom is 0.305 e. The molecule has 0 N–H and O–H groups in total. The number of carbonyl (C=O) groups excluding carboxylic acids is 1. The fraction of sp³-hybridized carbons (Fsp3) is 0.727. The summed E-state index contributed by atoms with van der Waals surface area (Å²) in [6.45, 7) is 8.37. The Morgan fingerprint density at radius 2 is 2.00 bits per heavy atom. The van der Waals surface area contributed by atoms with E-state index in [1.165, 1.54) is 0 Å². The Kier molecular flexibility index (Phi) is 7.36. The van der Waals surface area contributed by atoms with E-state index in [2.05, 4.69) is 13.5 Å². The quantitative estimate of drug-likeness (QED) is 0.345. The summed E-state index contributed by atoms with van der Waals surface area (Å²) in [5.74, 6) is -0.0661. The Balaban J connectivity index is 3.22. The molecule has 0 fully saturated rings. The normalized spacial score (nSPS) is 9.69. The van der Waals surface area contributed by atoms with Crippen molar-refractivity contribution in [3.63, 3.8) is 0 Å². The molecule has 0 spiro atoms. The van der Waals surface area contributed by atoms with E-state index in [1.807, 2.05) is 6.92 Å². The number of hydrogen-bond donors (Lipinski definition) is 0. The highest BCUT2D eigenvalue weighted by atomic mass is 16.5. The summed E-state index contributed by atoms with van der Waals surface area (Å²) in [4.78, 5) is 11.0. The molecule has 2 nitrogen and oxygen atoms in total. The van der Waals surface area contributed by atoms with E-state index in [4.69, 9.17) is 4.74 Å². The van der Waals surface area contributed by atoms with Crippen molar-refractivity contribution in [2.45, 2.75) is 46.0 Å². The minimum Gasteiger partial charge on any atom is -0.466 e. The van der Waals surface area contributed by atoms with Gasteiger partial charge in [0.05, 0.1) is 6.61 Å². The lowest BCUT2D eigenvalue weighted by molar-refractivity contribution is -0.143. The zero-order valence-electron chi connectivity index (χ0n) is 8.77. The Morgan fingerprint density at radius 3 is 2.54 bits per heavy atom. The first kappa shape index (κ1) is 12.2. The Morgan fingerprint density at radius 1 is 1.31 bits per heavy atom. The molecule has 2 heteroatoms. The summed E-state index contributed by atoms with van der Waals surface area (Å²) in [5, 5.41) is 0. The van der Waals surface area contributed by atoms with E-state index in [1.54, 1.807) is 0 Å². The van der Waals surface area contributed by atoms with Crippen LogP contribution >= 0.6 is 0 Å². The first-order chi connectivity index (χ1) is 6.16. The first-order valence-corrected chi connectivity index (χ1v) is 4.96. The molecule has 0 atom stereocenters. The van der Waals surface area contributed by atoms with Crippen molar-refractivity contribution < 1.29 is 9.53 Å². The standard InChI is InChI=1S/C11H20O2/c1-4-5-8-11(12)13-9-6-7-10(2)3/h2,4-9H2,1,3H3. The van der Waals surface area contributed by atoms with E-state index in [-0.39, 0.29) is 5.97 Å². The van der Waals surface area contributed by atoms with Gasteiger partial charge in [0.1, 0.15) is 0 Å². The SMILES string of the molecule is C=C(C)CCCOC(=O)CCCC. The van der Waals surface area contributed by atoms with Gasteiger partial charge < -0.3 is 4.74 Å². The van der Waals surface area contributed by atoms with E-state index in [0.29, 0.717) is 13.0 Å². The van der Waals surface area contributed by atoms with Crippen LogP contribution in [-0.4, -0.2) is 12.6 Å². The van der Waals surface area contributed by atoms with Crippen LogP contribution in [0, 0.1) is 0 Å². The molecule has 0 unspecified atom stereocenters. The van der Waals surface area contributed by atoms with E-state index >= 15 is 0 Å². The number of ether oxygens (including phenoxy) is 1. The summed E-state index contributed by atoms with van der Waals surface area (Å²) in [6, 6.07) is 0. The van der Waals surface area contributed by atoms with Crippen LogP contribution in [0.3, 0.4) is 0 Å². The molecule has 0 aromatic heterocycles. The van der Waals surface area contributed by atoms with Crippen molar-refractivity contribution in [1.29, 1.82) is 0 Å². The number of rotatable bonds is 7. The highest BCUT2D eigenvalue weighted by Gasteiger charge is 2.00. The highest BCUT2D eigenvalue weighted by molar-refractivity contribution is 5.69. The fourth-order valence-corrected chi connectivity index (χ4v) is 0.953. The van der Waals surface area contributed by atoms with Crippen molar-refractivity contribution in [3.8, 4) is 0 Å². The van der Waals surface area contributed by atoms with Crippen LogP contribution in [0.5, 0.6) is 0 Å². The van der Waals surface area contributed by atoms with Gasteiger partial charge in [-0.1, -0.05) is 18.9 Å². The lowest BCUT2D eigenvalue weighted by atomic mass is 10.2. The van der Waals surface area contributed by atoms with E-state index < -0.39 is 0 Å². The van der Waals surface area contributed by atoms with Gasteiger partial charge in [-0.15, -0.1) is 6.58 Å². The Hall–Kier alpha value is -0.790. The molecule has 13 heavy (non-hydrogen) atoms. The maximum absolute atomic E-state index is 11.0. The molecule has 0 bridgehead atoms. The number of unbranched alkanes of at least 4 members (excludes halogenated alkanes) is 1. The summed E-state index contributed by atoms with van der Waals surface area (Å²) < 4.78 is 5.01. The summed E-state index contributed by atoms with van der Waals surface area (Å²) in [5.41, 5.74) is 1.14. The van der Waals surface area contributed by atoms with Crippen molar-refractivity contribution in [2.24, 2.45) is 0 Å². The molecular formula is C11H20O2. The van der Waals surface area contributed by atoms with Gasteiger partial charge in [-0.05, 0) is 26.2 Å². The molecule has 0 aliphatic carbocycles. The van der Waals surface area contributed by atoms with Gasteiger partial charge >= 0.3 is 5.97 Å². The molecule has 0 aliphatic heterocycles. The monoisotopic (exact) mass is 184 g/mol. The van der Waals surface area contributed by atoms with Gasteiger partial charge in [0.2, 0.25) is 0 Å². The van der Waals surface area contributed by atoms with Crippen LogP contribution < -0.4 is 0 Å². The molecule has 0 saturated heterocycles. The van der Waals surface area contributed by atoms with E-state index in [0.717, 1.165) is 31.3 Å². The van der Waals surface area contributed by atoms with Gasteiger partial charge in [-0.25, -0.2) is 0 Å². The molecule has 76 valence electrons. The van der Waals surface area contributed by atoms with Crippen molar-refractivity contribution in [3.05, 3.63) is 12.2 Å². The van der Waals surface area contributed by atoms with Crippen molar-refractivity contribution in [2.75, 3.05) is 6.61 Å². The van der Waals surface area contributed by atoms with E-state index in [9.17, 15) is 4.79 Å². The number of allylic oxidation sites excluding steroid dienone is 1. The lowest BCUT2D eigenvalue weighted by Gasteiger charge is -2.03. The van der Waals surface area contributed by atoms with Gasteiger partial charge in [0.25, 0.3) is 0 Å². The van der Waals surface area contributed by atoms with Gasteiger partial charge in [-0.3, -0.25) is 4.79 Å². The van der Waals surface area contributed by atoms with Crippen LogP contribution in [0.2, 0.25) is 0 Å². The topological polar surface area (TPSA) is 26.3 Å². The Bertz CT molecular complexity index is 161. The van der Waals surface area contributed by atoms with Crippen molar-refractivity contribution in [1.82, 2.24) is 0 Å². The van der Waals surface area contributed by atoms with Crippen LogP contribution in [0.4, 0.5) is 0 Å². The number of esters is 1. The lowest BCUT2D eigenvalue weighted by Crippen LogP contribution is -2.05. The van der Waals surface area contributed by atoms with Gasteiger partial charge in [0.15, 0.2) is 0 Å². The summed E-state index contributed by atoms with van der Waals surface area (Å²) in [6.07, 6.45) is 4.37. The average molecular weight is 184 g/mol. The van der Waals surface area contributed by atoms with Gasteiger partial charge in [0, 0.05) is 6.42 Å². The molecule has 0 saturated carbocycles. The van der Waals surface area contributed by atoms with Crippen LogP contribution in [0.25, 0.3) is 0 Å². The third kappa shape index (κ3) is 9.12. The minimum absolute atomic E-state index is 0.0661. The molecule has 0 aliphatic rings. The molecule has 0 heterocycles. The van der Waals surface area contributed by atoms with Gasteiger partial charge in [-0.2, -0.15) is 0 Å². The molecule has 0 aromatic carbocycles. The summed E-state index contributed by atoms with van der Waals surface area (Å²) in [7, 11) is 0. The molecule has 0 rings (SSSR count). The predicted molar refractivity (Wildman–Crippen MR) is 54.5 cm³/mol. The van der Waals surface area contributed by atoms with Crippen molar-refractivity contribution >= 4 is 5.97 Å². The molecule has 0 aromatic rings. The smallest absolute Gasteiger partial charge is 0.305 e. The second-order valence-corrected chi connectivity index (χ2v) is 3.38. The minimum atomic E-state index is -0.0661. The summed E-state index contributed by atoms with van der Waals surface area (Å²) >= 11 is 0. The Labute approximate surface area is 81.0 Å². The molecular weight excluding hydrogens is 164 g/mol. The fourth-order valence-electron chi connectivity index (χ4n) is 0.953. The molecule has 0 amide bonds. The average Bonchev–Trinajstić information content (AvgIpc) is 2.08. The van der Waals surface area contributed by atoms with Crippen LogP contribution in [0.15, 0.2) is 12.2 Å².